The lowest BCUT2D eigenvalue weighted by molar-refractivity contribution is 0.261. The van der Waals surface area contributed by atoms with Gasteiger partial charge in [-0.2, -0.15) is 0 Å². The summed E-state index contributed by atoms with van der Waals surface area (Å²) in [5.74, 6) is 3.54. The average Bonchev–Trinajstić information content (AvgIpc) is 3.08. The molecular formula is C17H21N3O. The van der Waals surface area contributed by atoms with E-state index < -0.39 is 0 Å². The normalized spacial score (nSPS) is 26.6. The number of rotatable bonds is 3. The van der Waals surface area contributed by atoms with Crippen molar-refractivity contribution in [3.8, 4) is 0 Å². The number of aliphatic hydroxyl groups is 1. The maximum absolute atomic E-state index is 9.48. The van der Waals surface area contributed by atoms with Gasteiger partial charge in [0.05, 0.1) is 0 Å². The quantitative estimate of drug-likeness (QED) is 0.942. The van der Waals surface area contributed by atoms with Crippen LogP contribution < -0.4 is 0 Å². The van der Waals surface area contributed by atoms with Crippen molar-refractivity contribution in [3.05, 3.63) is 47.0 Å². The van der Waals surface area contributed by atoms with Gasteiger partial charge >= 0.3 is 0 Å². The minimum absolute atomic E-state index is 0.0379. The molecule has 1 fully saturated rings. The zero-order chi connectivity index (χ0) is 14.6. The second-order valence-corrected chi connectivity index (χ2v) is 6.55. The Labute approximate surface area is 124 Å². The largest absolute Gasteiger partial charge is 0.388 e. The molecule has 4 nitrogen and oxygen atoms in total. The first kappa shape index (κ1) is 13.0. The molecule has 2 aliphatic carbocycles. The van der Waals surface area contributed by atoms with Gasteiger partial charge in [0.25, 0.3) is 0 Å². The van der Waals surface area contributed by atoms with Crippen molar-refractivity contribution in [1.82, 2.24) is 14.8 Å². The van der Waals surface area contributed by atoms with Crippen LogP contribution in [-0.4, -0.2) is 19.9 Å². The summed E-state index contributed by atoms with van der Waals surface area (Å²) in [6, 6.07) is 9.10. The van der Waals surface area contributed by atoms with E-state index in [1.165, 1.54) is 24.0 Å². The predicted octanol–water partition coefficient (Wildman–Crippen LogP) is 2.79. The fourth-order valence-electron chi connectivity index (χ4n) is 4.15. The topological polar surface area (TPSA) is 50.9 Å². The van der Waals surface area contributed by atoms with Crippen LogP contribution in [0.25, 0.3) is 0 Å². The number of benzene rings is 1. The number of aliphatic hydroxyl groups excluding tert-OH is 1. The Balaban J connectivity index is 1.73. The summed E-state index contributed by atoms with van der Waals surface area (Å²) in [4.78, 5) is 0. The van der Waals surface area contributed by atoms with Gasteiger partial charge in [0.1, 0.15) is 12.4 Å². The highest BCUT2D eigenvalue weighted by Crippen LogP contribution is 2.64. The van der Waals surface area contributed by atoms with Crippen LogP contribution in [0.4, 0.5) is 0 Å². The number of fused-ring (bicyclic) bond motifs is 3. The van der Waals surface area contributed by atoms with Crippen LogP contribution in [0.15, 0.2) is 24.3 Å². The van der Waals surface area contributed by atoms with E-state index in [0.717, 1.165) is 5.82 Å². The van der Waals surface area contributed by atoms with Gasteiger partial charge in [0, 0.05) is 12.0 Å². The number of hydrogen-bond acceptors (Lipinski definition) is 3. The molecule has 0 aliphatic heterocycles. The molecule has 0 spiro atoms. The van der Waals surface area contributed by atoms with Crippen LogP contribution in [0.2, 0.25) is 0 Å². The smallest absolute Gasteiger partial charge is 0.159 e. The zero-order valence-corrected chi connectivity index (χ0v) is 12.5. The molecule has 0 radical (unpaired) electrons. The molecule has 1 heterocycles. The van der Waals surface area contributed by atoms with Crippen molar-refractivity contribution in [2.75, 3.05) is 0 Å². The van der Waals surface area contributed by atoms with Crippen molar-refractivity contribution < 1.29 is 5.11 Å². The summed E-state index contributed by atoms with van der Waals surface area (Å²) in [6.45, 7) is 4.22. The second kappa shape index (κ2) is 4.67. The highest BCUT2D eigenvalue weighted by atomic mass is 16.3. The van der Waals surface area contributed by atoms with Crippen LogP contribution >= 0.6 is 0 Å². The van der Waals surface area contributed by atoms with Crippen molar-refractivity contribution >= 4 is 0 Å². The standard InChI is InChI=1S/C17H21N3O/c1-10(2)20-14(9-21)18-19-17(20)16-13-8-7-11-5-3-4-6-12(11)15(13)16/h3-6,10,13,15-16,21H,7-9H2,1-2H3. The number of hydrogen-bond donors (Lipinski definition) is 1. The van der Waals surface area contributed by atoms with Crippen LogP contribution in [0.5, 0.6) is 0 Å². The molecule has 0 saturated heterocycles. The van der Waals surface area contributed by atoms with E-state index in [0.29, 0.717) is 23.6 Å². The van der Waals surface area contributed by atoms with Crippen LogP contribution in [0.3, 0.4) is 0 Å². The van der Waals surface area contributed by atoms with Crippen molar-refractivity contribution in [2.24, 2.45) is 5.92 Å². The maximum atomic E-state index is 9.48. The average molecular weight is 283 g/mol. The lowest BCUT2D eigenvalue weighted by atomic mass is 9.92. The van der Waals surface area contributed by atoms with E-state index in [1.54, 1.807) is 0 Å². The van der Waals surface area contributed by atoms with Gasteiger partial charge in [-0.25, -0.2) is 0 Å². The third-order valence-corrected chi connectivity index (χ3v) is 5.08. The fraction of sp³-hybridized carbons (Fsp3) is 0.529. The van der Waals surface area contributed by atoms with Crippen molar-refractivity contribution in [2.45, 2.75) is 51.2 Å². The molecule has 4 heteroatoms. The maximum Gasteiger partial charge on any atom is 0.159 e. The molecule has 0 amide bonds. The third kappa shape index (κ3) is 1.85. The number of aromatic nitrogens is 3. The van der Waals surface area contributed by atoms with Gasteiger partial charge < -0.3 is 9.67 Å². The Morgan fingerprint density at radius 3 is 2.81 bits per heavy atom. The first-order chi connectivity index (χ1) is 10.2. The molecule has 3 atom stereocenters. The van der Waals surface area contributed by atoms with Gasteiger partial charge in [-0.3, -0.25) is 0 Å². The molecule has 1 aromatic carbocycles. The summed E-state index contributed by atoms with van der Waals surface area (Å²) < 4.78 is 2.13. The highest BCUT2D eigenvalue weighted by Gasteiger charge is 2.56. The second-order valence-electron chi connectivity index (χ2n) is 6.55. The Morgan fingerprint density at radius 1 is 1.24 bits per heavy atom. The summed E-state index contributed by atoms with van der Waals surface area (Å²) in [6.07, 6.45) is 2.42. The van der Waals surface area contributed by atoms with E-state index in [2.05, 4.69) is 52.9 Å². The SMILES string of the molecule is CC(C)n1c(CO)nnc1C1C2CCc3ccccc3C21. The van der Waals surface area contributed by atoms with Gasteiger partial charge in [-0.05, 0) is 49.7 Å². The molecular weight excluding hydrogens is 262 g/mol. The summed E-state index contributed by atoms with van der Waals surface area (Å²) >= 11 is 0. The number of nitrogens with zero attached hydrogens (tertiary/aromatic N) is 3. The molecule has 2 aromatic rings. The molecule has 1 N–H and O–H groups in total. The first-order valence-corrected chi connectivity index (χ1v) is 7.84. The summed E-state index contributed by atoms with van der Waals surface area (Å²) in [5.41, 5.74) is 3.00. The molecule has 21 heavy (non-hydrogen) atoms. The summed E-state index contributed by atoms with van der Waals surface area (Å²) in [5, 5.41) is 18.1. The number of aryl methyl sites for hydroxylation is 1. The lowest BCUT2D eigenvalue weighted by Crippen LogP contribution is -2.10. The third-order valence-electron chi connectivity index (χ3n) is 5.08. The van der Waals surface area contributed by atoms with E-state index in [9.17, 15) is 5.11 Å². The Kier molecular flexibility index (Phi) is 2.89. The van der Waals surface area contributed by atoms with Gasteiger partial charge in [-0.15, -0.1) is 10.2 Å². The highest BCUT2D eigenvalue weighted by molar-refractivity contribution is 5.43. The zero-order valence-electron chi connectivity index (χ0n) is 12.5. The summed E-state index contributed by atoms with van der Waals surface area (Å²) in [7, 11) is 0. The monoisotopic (exact) mass is 283 g/mol. The van der Waals surface area contributed by atoms with Gasteiger partial charge in [0.15, 0.2) is 5.82 Å². The molecule has 1 saturated carbocycles. The molecule has 2 aliphatic rings. The van der Waals surface area contributed by atoms with E-state index in [1.807, 2.05) is 0 Å². The first-order valence-electron chi connectivity index (χ1n) is 7.84. The van der Waals surface area contributed by atoms with Crippen LogP contribution in [-0.2, 0) is 13.0 Å². The lowest BCUT2D eigenvalue weighted by Gasteiger charge is -2.13. The Morgan fingerprint density at radius 2 is 2.05 bits per heavy atom. The Bertz CT molecular complexity index is 676. The van der Waals surface area contributed by atoms with Gasteiger partial charge in [0.2, 0.25) is 0 Å². The minimum Gasteiger partial charge on any atom is -0.388 e. The van der Waals surface area contributed by atoms with Crippen molar-refractivity contribution in [3.63, 3.8) is 0 Å². The van der Waals surface area contributed by atoms with Crippen molar-refractivity contribution in [1.29, 1.82) is 0 Å². The molecule has 0 bridgehead atoms. The Hall–Kier alpha value is -1.68. The van der Waals surface area contributed by atoms with E-state index in [-0.39, 0.29) is 12.6 Å². The molecule has 110 valence electrons. The minimum atomic E-state index is -0.0379. The van der Waals surface area contributed by atoms with Gasteiger partial charge in [-0.1, -0.05) is 24.3 Å². The molecule has 1 aromatic heterocycles. The fourth-order valence-corrected chi connectivity index (χ4v) is 4.15. The predicted molar refractivity (Wildman–Crippen MR) is 80.1 cm³/mol. The van der Waals surface area contributed by atoms with Crippen LogP contribution in [0, 0.1) is 5.92 Å². The molecule has 3 unspecified atom stereocenters. The van der Waals surface area contributed by atoms with Crippen LogP contribution in [0.1, 0.15) is 60.9 Å². The molecule has 4 rings (SSSR count). The van der Waals surface area contributed by atoms with E-state index in [4.69, 9.17) is 0 Å². The van der Waals surface area contributed by atoms with E-state index >= 15 is 0 Å².